The molecule has 1 aliphatic rings. The summed E-state index contributed by atoms with van der Waals surface area (Å²) in [5, 5.41) is 10.3. The first-order chi connectivity index (χ1) is 18.9. The van der Waals surface area contributed by atoms with Gasteiger partial charge in [-0.2, -0.15) is 13.2 Å². The number of morpholine rings is 1. The summed E-state index contributed by atoms with van der Waals surface area (Å²) in [4.78, 5) is 32.7. The first-order valence-corrected chi connectivity index (χ1v) is 12.8. The fraction of sp³-hybridized carbons (Fsp3) is 0.321. The molecule has 1 aromatic heterocycles. The van der Waals surface area contributed by atoms with Gasteiger partial charge in [0.25, 0.3) is 5.91 Å². The summed E-state index contributed by atoms with van der Waals surface area (Å²) in [6.45, 7) is 5.99. The molecule has 0 radical (unpaired) electrons. The first kappa shape index (κ1) is 29.3. The lowest BCUT2D eigenvalue weighted by atomic mass is 10.1. The van der Waals surface area contributed by atoms with Crippen molar-refractivity contribution in [3.63, 3.8) is 0 Å². The molecule has 2 aromatic carbocycles. The van der Waals surface area contributed by atoms with Crippen molar-refractivity contribution in [1.29, 1.82) is 0 Å². The zero-order chi connectivity index (χ0) is 29.0. The van der Waals surface area contributed by atoms with Crippen molar-refractivity contribution in [3.05, 3.63) is 82.1 Å². The summed E-state index contributed by atoms with van der Waals surface area (Å²) in [5.74, 6) is -2.56. The highest BCUT2D eigenvalue weighted by atomic mass is 35.5. The number of aromatic nitrogens is 1. The van der Waals surface area contributed by atoms with E-state index in [9.17, 15) is 27.9 Å². The standard InChI is InChI=1S/C28H27ClF3N3O5/c1-17(2)35(26(36)23-6-4-19(29)15-33-23)24-7-5-20(14-21(24)27(37)38)40-25-8-3-18(13-22(25)28(30,31)32)16-34-9-11-39-12-10-34/h3-8,13-15,17H,9-12,16H2,1-2H3,(H,37,38). The van der Waals surface area contributed by atoms with Crippen LogP contribution in [0, 0.1) is 0 Å². The average molecular weight is 578 g/mol. The minimum atomic E-state index is -4.71. The lowest BCUT2D eigenvalue weighted by Crippen LogP contribution is -2.38. The number of rotatable bonds is 8. The molecule has 0 saturated carbocycles. The molecule has 1 N–H and O–H groups in total. The number of benzene rings is 2. The van der Waals surface area contributed by atoms with Gasteiger partial charge in [-0.25, -0.2) is 9.78 Å². The molecule has 212 valence electrons. The molecule has 0 unspecified atom stereocenters. The van der Waals surface area contributed by atoms with E-state index in [0.717, 1.165) is 12.1 Å². The Kier molecular flexibility index (Phi) is 8.97. The third kappa shape index (κ3) is 6.90. The summed E-state index contributed by atoms with van der Waals surface area (Å²) < 4.78 is 52.8. The Bertz CT molecular complexity index is 1380. The molecule has 40 heavy (non-hydrogen) atoms. The summed E-state index contributed by atoms with van der Waals surface area (Å²) in [7, 11) is 0. The van der Waals surface area contributed by atoms with E-state index in [0.29, 0.717) is 43.4 Å². The minimum Gasteiger partial charge on any atom is -0.478 e. The molecule has 1 amide bonds. The number of amides is 1. The third-order valence-electron chi connectivity index (χ3n) is 6.23. The van der Waals surface area contributed by atoms with Gasteiger partial charge in [-0.1, -0.05) is 17.7 Å². The number of halogens is 4. The SMILES string of the molecule is CC(C)N(C(=O)c1ccc(Cl)cn1)c1ccc(Oc2ccc(CN3CCOCC3)cc2C(F)(F)F)cc1C(=O)O. The fourth-order valence-corrected chi connectivity index (χ4v) is 4.45. The van der Waals surface area contributed by atoms with Crippen LogP contribution >= 0.6 is 11.6 Å². The topological polar surface area (TPSA) is 92.2 Å². The summed E-state index contributed by atoms with van der Waals surface area (Å²) in [6, 6.07) is 9.97. The number of carbonyl (C=O) groups is 2. The van der Waals surface area contributed by atoms with Crippen molar-refractivity contribution in [2.75, 3.05) is 31.2 Å². The normalized spacial score (nSPS) is 14.3. The molecule has 1 fully saturated rings. The van der Waals surface area contributed by atoms with Crippen LogP contribution in [-0.4, -0.2) is 59.2 Å². The van der Waals surface area contributed by atoms with E-state index >= 15 is 0 Å². The van der Waals surface area contributed by atoms with Gasteiger partial charge in [-0.05, 0) is 61.9 Å². The lowest BCUT2D eigenvalue weighted by molar-refractivity contribution is -0.138. The second-order valence-corrected chi connectivity index (χ2v) is 9.87. The van der Waals surface area contributed by atoms with Crippen LogP contribution in [0.1, 0.15) is 45.8 Å². The van der Waals surface area contributed by atoms with Gasteiger partial charge in [0.05, 0.1) is 35.1 Å². The first-order valence-electron chi connectivity index (χ1n) is 12.4. The van der Waals surface area contributed by atoms with Crippen LogP contribution in [0.5, 0.6) is 11.5 Å². The number of ether oxygens (including phenoxy) is 2. The molecule has 12 heteroatoms. The summed E-state index contributed by atoms with van der Waals surface area (Å²) in [5.41, 5.74) is -0.765. The molecule has 1 saturated heterocycles. The highest BCUT2D eigenvalue weighted by molar-refractivity contribution is 6.30. The van der Waals surface area contributed by atoms with Crippen LogP contribution in [0.15, 0.2) is 54.7 Å². The number of pyridine rings is 1. The minimum absolute atomic E-state index is 0.0357. The number of hydrogen-bond donors (Lipinski definition) is 1. The van der Waals surface area contributed by atoms with Gasteiger partial charge in [0.2, 0.25) is 0 Å². The maximum Gasteiger partial charge on any atom is 0.419 e. The highest BCUT2D eigenvalue weighted by Gasteiger charge is 2.35. The van der Waals surface area contributed by atoms with Gasteiger partial charge < -0.3 is 19.5 Å². The summed E-state index contributed by atoms with van der Waals surface area (Å²) >= 11 is 5.86. The second-order valence-electron chi connectivity index (χ2n) is 9.43. The number of aromatic carboxylic acids is 1. The Morgan fingerprint density at radius 2 is 1.85 bits per heavy atom. The maximum atomic E-state index is 14.0. The van der Waals surface area contributed by atoms with E-state index in [1.165, 1.54) is 41.4 Å². The Hall–Kier alpha value is -3.67. The number of anilines is 1. The van der Waals surface area contributed by atoms with E-state index < -0.39 is 35.4 Å². The number of nitrogens with zero attached hydrogens (tertiary/aromatic N) is 3. The van der Waals surface area contributed by atoms with Crippen molar-refractivity contribution in [1.82, 2.24) is 9.88 Å². The number of carbonyl (C=O) groups excluding carboxylic acids is 1. The maximum absolute atomic E-state index is 14.0. The zero-order valence-electron chi connectivity index (χ0n) is 21.7. The Balaban J connectivity index is 1.66. The van der Waals surface area contributed by atoms with Crippen LogP contribution in [-0.2, 0) is 17.5 Å². The van der Waals surface area contributed by atoms with Gasteiger partial charge in [0.15, 0.2) is 0 Å². The molecule has 0 bridgehead atoms. The van der Waals surface area contributed by atoms with Gasteiger partial charge >= 0.3 is 12.1 Å². The zero-order valence-corrected chi connectivity index (χ0v) is 22.5. The quantitative estimate of drug-likeness (QED) is 0.344. The van der Waals surface area contributed by atoms with E-state index in [4.69, 9.17) is 21.1 Å². The smallest absolute Gasteiger partial charge is 0.419 e. The van der Waals surface area contributed by atoms with Gasteiger partial charge in [0.1, 0.15) is 17.2 Å². The fourth-order valence-electron chi connectivity index (χ4n) is 4.34. The number of alkyl halides is 3. The second kappa shape index (κ2) is 12.2. The highest BCUT2D eigenvalue weighted by Crippen LogP contribution is 2.40. The lowest BCUT2D eigenvalue weighted by Gasteiger charge is -2.28. The Labute approximate surface area is 233 Å². The molecule has 0 aliphatic carbocycles. The number of carboxylic acid groups (broad SMARTS) is 1. The van der Waals surface area contributed by atoms with E-state index in [-0.39, 0.29) is 22.7 Å². The van der Waals surface area contributed by atoms with Crippen LogP contribution in [0.4, 0.5) is 18.9 Å². The average Bonchev–Trinajstić information content (AvgIpc) is 2.90. The van der Waals surface area contributed by atoms with Crippen LogP contribution < -0.4 is 9.64 Å². The van der Waals surface area contributed by atoms with Crippen molar-refractivity contribution >= 4 is 29.2 Å². The predicted molar refractivity (Wildman–Crippen MR) is 142 cm³/mol. The molecule has 0 atom stereocenters. The molecule has 0 spiro atoms. The van der Waals surface area contributed by atoms with Crippen LogP contribution in [0.25, 0.3) is 0 Å². The van der Waals surface area contributed by atoms with Gasteiger partial charge in [-0.3, -0.25) is 9.69 Å². The molecular weight excluding hydrogens is 551 g/mol. The van der Waals surface area contributed by atoms with E-state index in [1.54, 1.807) is 19.9 Å². The van der Waals surface area contributed by atoms with Gasteiger partial charge in [-0.15, -0.1) is 0 Å². The Morgan fingerprint density at radius 3 is 2.45 bits per heavy atom. The molecular formula is C28H27ClF3N3O5. The number of carboxylic acids is 1. The molecule has 2 heterocycles. The van der Waals surface area contributed by atoms with Crippen LogP contribution in [0.2, 0.25) is 5.02 Å². The summed E-state index contributed by atoms with van der Waals surface area (Å²) in [6.07, 6.45) is -3.41. The molecule has 8 nitrogen and oxygen atoms in total. The predicted octanol–water partition coefficient (Wildman–Crippen LogP) is 6.13. The van der Waals surface area contributed by atoms with E-state index in [2.05, 4.69) is 4.98 Å². The monoisotopic (exact) mass is 577 g/mol. The Morgan fingerprint density at radius 1 is 1.12 bits per heavy atom. The van der Waals surface area contributed by atoms with Crippen molar-refractivity contribution in [3.8, 4) is 11.5 Å². The largest absolute Gasteiger partial charge is 0.478 e. The van der Waals surface area contributed by atoms with Crippen molar-refractivity contribution < 1.29 is 37.3 Å². The third-order valence-corrected chi connectivity index (χ3v) is 6.45. The van der Waals surface area contributed by atoms with Crippen molar-refractivity contribution in [2.24, 2.45) is 0 Å². The van der Waals surface area contributed by atoms with E-state index in [1.807, 2.05) is 4.90 Å². The van der Waals surface area contributed by atoms with Crippen molar-refractivity contribution in [2.45, 2.75) is 32.6 Å². The van der Waals surface area contributed by atoms with Crippen LogP contribution in [0.3, 0.4) is 0 Å². The molecule has 3 aromatic rings. The molecule has 4 rings (SSSR count). The number of hydrogen-bond acceptors (Lipinski definition) is 6. The molecule has 1 aliphatic heterocycles. The van der Waals surface area contributed by atoms with Gasteiger partial charge in [0, 0.05) is 31.9 Å².